The standard InChI is InChI=1S/C17H15BrFN5O3/c18-12-10-23(9-11-3-1-2-4-13(11)19)22-16(12)21-17(27)14-5-7-20-24(14)8-6-15(25)26/h1-5,7,10H,6,8-9H2,(H,25,26)(H,21,22,27). The number of anilines is 1. The number of carboxylic acid groups (broad SMARTS) is 1. The van der Waals surface area contributed by atoms with E-state index >= 15 is 0 Å². The van der Waals surface area contributed by atoms with Crippen LogP contribution in [-0.2, 0) is 17.9 Å². The number of nitrogens with one attached hydrogen (secondary N) is 1. The molecule has 27 heavy (non-hydrogen) atoms. The van der Waals surface area contributed by atoms with Gasteiger partial charge in [0.1, 0.15) is 11.5 Å². The molecule has 0 spiro atoms. The smallest absolute Gasteiger partial charge is 0.305 e. The van der Waals surface area contributed by atoms with Crippen molar-refractivity contribution < 1.29 is 19.1 Å². The normalized spacial score (nSPS) is 10.7. The lowest BCUT2D eigenvalue weighted by molar-refractivity contribution is -0.137. The summed E-state index contributed by atoms with van der Waals surface area (Å²) < 4.78 is 17.1. The highest BCUT2D eigenvalue weighted by molar-refractivity contribution is 9.10. The van der Waals surface area contributed by atoms with E-state index in [-0.39, 0.29) is 36.8 Å². The van der Waals surface area contributed by atoms with E-state index in [1.807, 2.05) is 0 Å². The predicted molar refractivity (Wildman–Crippen MR) is 97.9 cm³/mol. The van der Waals surface area contributed by atoms with Gasteiger partial charge in [0.2, 0.25) is 0 Å². The molecule has 3 aromatic rings. The number of nitrogens with zero attached hydrogens (tertiary/aromatic N) is 4. The topological polar surface area (TPSA) is 102 Å². The van der Waals surface area contributed by atoms with Crippen molar-refractivity contribution in [1.82, 2.24) is 19.6 Å². The Bertz CT molecular complexity index is 985. The lowest BCUT2D eigenvalue weighted by atomic mass is 10.2. The molecule has 0 radical (unpaired) electrons. The fraction of sp³-hybridized carbons (Fsp3) is 0.176. The van der Waals surface area contributed by atoms with Crippen molar-refractivity contribution >= 4 is 33.6 Å². The van der Waals surface area contributed by atoms with Crippen molar-refractivity contribution in [3.63, 3.8) is 0 Å². The Labute approximate surface area is 161 Å². The van der Waals surface area contributed by atoms with E-state index in [9.17, 15) is 14.0 Å². The molecule has 8 nitrogen and oxygen atoms in total. The minimum Gasteiger partial charge on any atom is -0.481 e. The molecule has 2 aromatic heterocycles. The first kappa shape index (κ1) is 18.8. The Hall–Kier alpha value is -3.01. The molecule has 0 aliphatic rings. The summed E-state index contributed by atoms with van der Waals surface area (Å²) >= 11 is 3.32. The Morgan fingerprint density at radius 3 is 2.78 bits per heavy atom. The van der Waals surface area contributed by atoms with Crippen LogP contribution in [0, 0.1) is 5.82 Å². The van der Waals surface area contributed by atoms with Crippen LogP contribution in [0.5, 0.6) is 0 Å². The Kier molecular flexibility index (Phi) is 5.65. The highest BCUT2D eigenvalue weighted by Gasteiger charge is 2.17. The van der Waals surface area contributed by atoms with Crippen LogP contribution in [0.4, 0.5) is 10.2 Å². The van der Waals surface area contributed by atoms with Crippen molar-refractivity contribution in [2.24, 2.45) is 0 Å². The van der Waals surface area contributed by atoms with Gasteiger partial charge in [0.15, 0.2) is 5.82 Å². The van der Waals surface area contributed by atoms with E-state index in [4.69, 9.17) is 5.11 Å². The van der Waals surface area contributed by atoms with Crippen molar-refractivity contribution in [3.8, 4) is 0 Å². The van der Waals surface area contributed by atoms with E-state index in [1.54, 1.807) is 24.4 Å². The SMILES string of the molecule is O=C(O)CCn1nccc1C(=O)Nc1nn(Cc2ccccc2F)cc1Br. The van der Waals surface area contributed by atoms with Gasteiger partial charge in [-0.05, 0) is 28.1 Å². The quantitative estimate of drug-likeness (QED) is 0.593. The van der Waals surface area contributed by atoms with Crippen molar-refractivity contribution in [3.05, 3.63) is 64.3 Å². The van der Waals surface area contributed by atoms with E-state index in [0.29, 0.717) is 10.0 Å². The summed E-state index contributed by atoms with van der Waals surface area (Å²) in [5.41, 5.74) is 0.684. The summed E-state index contributed by atoms with van der Waals surface area (Å²) in [4.78, 5) is 23.2. The van der Waals surface area contributed by atoms with Crippen LogP contribution in [0.1, 0.15) is 22.5 Å². The van der Waals surface area contributed by atoms with Crippen LogP contribution in [0.25, 0.3) is 0 Å². The first-order chi connectivity index (χ1) is 12.9. The van der Waals surface area contributed by atoms with Crippen LogP contribution in [0.2, 0.25) is 0 Å². The number of carbonyl (C=O) groups is 2. The highest BCUT2D eigenvalue weighted by atomic mass is 79.9. The summed E-state index contributed by atoms with van der Waals surface area (Å²) in [7, 11) is 0. The maximum atomic E-state index is 13.8. The molecule has 0 aliphatic carbocycles. The molecule has 10 heteroatoms. The molecule has 2 heterocycles. The monoisotopic (exact) mass is 435 g/mol. The molecule has 0 fully saturated rings. The summed E-state index contributed by atoms with van der Waals surface area (Å²) in [6.45, 7) is 0.283. The molecule has 1 amide bonds. The van der Waals surface area contributed by atoms with E-state index in [0.717, 1.165) is 0 Å². The fourth-order valence-electron chi connectivity index (χ4n) is 2.44. The molecule has 0 saturated carbocycles. The largest absolute Gasteiger partial charge is 0.481 e. The summed E-state index contributed by atoms with van der Waals surface area (Å²) in [6.07, 6.45) is 2.90. The zero-order valence-corrected chi connectivity index (χ0v) is 15.6. The second kappa shape index (κ2) is 8.12. The van der Waals surface area contributed by atoms with Gasteiger partial charge < -0.3 is 10.4 Å². The van der Waals surface area contributed by atoms with Gasteiger partial charge in [0, 0.05) is 18.0 Å². The Morgan fingerprint density at radius 1 is 1.26 bits per heavy atom. The van der Waals surface area contributed by atoms with Gasteiger partial charge >= 0.3 is 5.97 Å². The lowest BCUT2D eigenvalue weighted by Gasteiger charge is -2.06. The molecule has 3 rings (SSSR count). The first-order valence-corrected chi connectivity index (χ1v) is 8.74. The van der Waals surface area contributed by atoms with Gasteiger partial charge in [-0.1, -0.05) is 18.2 Å². The molecule has 0 saturated heterocycles. The molecule has 0 atom stereocenters. The van der Waals surface area contributed by atoms with E-state index in [1.165, 1.54) is 27.7 Å². The average molecular weight is 436 g/mol. The predicted octanol–water partition coefficient (Wildman–Crippen LogP) is 2.76. The third kappa shape index (κ3) is 4.59. The number of rotatable bonds is 7. The molecular formula is C17H15BrFN5O3. The lowest BCUT2D eigenvalue weighted by Crippen LogP contribution is -2.19. The number of hydrogen-bond acceptors (Lipinski definition) is 4. The second-order valence-electron chi connectivity index (χ2n) is 5.65. The van der Waals surface area contributed by atoms with E-state index in [2.05, 4.69) is 31.4 Å². The molecule has 140 valence electrons. The zero-order valence-electron chi connectivity index (χ0n) is 14.0. The molecule has 0 bridgehead atoms. The van der Waals surface area contributed by atoms with Crippen LogP contribution >= 0.6 is 15.9 Å². The van der Waals surface area contributed by atoms with Crippen LogP contribution in [0.15, 0.2) is 47.2 Å². The van der Waals surface area contributed by atoms with Crippen molar-refractivity contribution in [2.75, 3.05) is 5.32 Å². The number of benzene rings is 1. The number of carboxylic acids is 1. The molecular weight excluding hydrogens is 421 g/mol. The molecule has 1 aromatic carbocycles. The zero-order chi connectivity index (χ0) is 19.4. The van der Waals surface area contributed by atoms with Gasteiger partial charge in [0.05, 0.1) is 24.0 Å². The van der Waals surface area contributed by atoms with Crippen LogP contribution < -0.4 is 5.32 Å². The summed E-state index contributed by atoms with van der Waals surface area (Å²) in [5.74, 6) is -1.53. The van der Waals surface area contributed by atoms with Gasteiger partial charge in [-0.3, -0.25) is 19.0 Å². The van der Waals surface area contributed by atoms with Crippen LogP contribution in [0.3, 0.4) is 0 Å². The average Bonchev–Trinajstić information content (AvgIpc) is 3.22. The summed E-state index contributed by atoms with van der Waals surface area (Å²) in [6, 6.07) is 7.86. The van der Waals surface area contributed by atoms with Gasteiger partial charge in [0.25, 0.3) is 5.91 Å². The number of hydrogen-bond donors (Lipinski definition) is 2. The maximum absolute atomic E-state index is 13.8. The third-order valence-corrected chi connectivity index (χ3v) is 4.31. The Balaban J connectivity index is 1.72. The number of halogens is 2. The fourth-order valence-corrected chi connectivity index (χ4v) is 2.86. The molecule has 0 unspecified atom stereocenters. The third-order valence-electron chi connectivity index (χ3n) is 3.73. The van der Waals surface area contributed by atoms with Gasteiger partial charge in [-0.25, -0.2) is 4.39 Å². The molecule has 0 aliphatic heterocycles. The number of aromatic nitrogens is 4. The number of amides is 1. The summed E-state index contributed by atoms with van der Waals surface area (Å²) in [5, 5.41) is 19.6. The van der Waals surface area contributed by atoms with Gasteiger partial charge in [-0.2, -0.15) is 10.2 Å². The van der Waals surface area contributed by atoms with E-state index < -0.39 is 11.9 Å². The number of carbonyl (C=O) groups excluding carboxylic acids is 1. The minimum absolute atomic E-state index is 0.0774. The maximum Gasteiger partial charge on any atom is 0.305 e. The second-order valence-corrected chi connectivity index (χ2v) is 6.51. The van der Waals surface area contributed by atoms with Crippen LogP contribution in [-0.4, -0.2) is 36.5 Å². The highest BCUT2D eigenvalue weighted by Crippen LogP contribution is 2.22. The number of aliphatic carboxylic acids is 1. The van der Waals surface area contributed by atoms with Crippen molar-refractivity contribution in [1.29, 1.82) is 0 Å². The molecule has 2 N–H and O–H groups in total. The first-order valence-electron chi connectivity index (χ1n) is 7.95. The van der Waals surface area contributed by atoms with Crippen molar-refractivity contribution in [2.45, 2.75) is 19.5 Å². The van der Waals surface area contributed by atoms with Gasteiger partial charge in [-0.15, -0.1) is 0 Å². The Morgan fingerprint density at radius 2 is 2.04 bits per heavy atom. The number of aryl methyl sites for hydroxylation is 1. The minimum atomic E-state index is -0.980.